The molecule has 1 N–H and O–H groups in total. The summed E-state index contributed by atoms with van der Waals surface area (Å²) in [5.74, 6) is 0. The van der Waals surface area contributed by atoms with Gasteiger partial charge in [0.15, 0.2) is 5.01 Å². The van der Waals surface area contributed by atoms with Crippen molar-refractivity contribution < 1.29 is 8.78 Å². The van der Waals surface area contributed by atoms with E-state index in [-0.39, 0.29) is 11.0 Å². The molecule has 1 heterocycles. The summed E-state index contributed by atoms with van der Waals surface area (Å²) >= 11 is 0.949. The maximum absolute atomic E-state index is 12.5. The molecule has 96 valence electrons. The highest BCUT2D eigenvalue weighted by molar-refractivity contribution is 7.11. The highest BCUT2D eigenvalue weighted by Gasteiger charge is 2.21. The maximum Gasteiger partial charge on any atom is 0.291 e. The molecular weight excluding hydrogens is 256 g/mol. The third-order valence-corrected chi connectivity index (χ3v) is 3.43. The van der Waals surface area contributed by atoms with Gasteiger partial charge in [0.1, 0.15) is 5.01 Å². The van der Waals surface area contributed by atoms with Gasteiger partial charge in [0.05, 0.1) is 6.04 Å². The van der Waals surface area contributed by atoms with E-state index in [1.165, 1.54) is 0 Å². The van der Waals surface area contributed by atoms with Crippen LogP contribution >= 0.6 is 11.3 Å². The van der Waals surface area contributed by atoms with E-state index in [2.05, 4.69) is 15.5 Å². The number of nitrogens with zero attached hydrogens (tertiary/aromatic N) is 2. The molecule has 0 saturated carbocycles. The number of alkyl halides is 2. The molecule has 0 saturated heterocycles. The van der Waals surface area contributed by atoms with Crippen LogP contribution in [-0.4, -0.2) is 16.7 Å². The van der Waals surface area contributed by atoms with Gasteiger partial charge >= 0.3 is 0 Å². The van der Waals surface area contributed by atoms with E-state index in [0.29, 0.717) is 5.01 Å². The standard InChI is InChI=1S/C12H13F2N3S/c1-2-15-9(8-6-4-3-5-7-8)11-16-17-12(18-11)10(13)14/h3-7,9-10,15H,2H2,1H3. The number of hydrogen-bond donors (Lipinski definition) is 1. The van der Waals surface area contributed by atoms with Gasteiger partial charge in [-0.25, -0.2) is 8.78 Å². The lowest BCUT2D eigenvalue weighted by Gasteiger charge is -2.14. The van der Waals surface area contributed by atoms with Crippen LogP contribution in [0.3, 0.4) is 0 Å². The second-order valence-corrected chi connectivity index (χ2v) is 4.72. The lowest BCUT2D eigenvalue weighted by Crippen LogP contribution is -2.21. The molecule has 1 aromatic carbocycles. The molecule has 1 atom stereocenters. The first-order valence-electron chi connectivity index (χ1n) is 5.62. The zero-order valence-electron chi connectivity index (χ0n) is 9.81. The molecule has 0 spiro atoms. The first-order valence-corrected chi connectivity index (χ1v) is 6.43. The number of hydrogen-bond acceptors (Lipinski definition) is 4. The van der Waals surface area contributed by atoms with E-state index < -0.39 is 6.43 Å². The summed E-state index contributed by atoms with van der Waals surface area (Å²) in [6.45, 7) is 2.69. The summed E-state index contributed by atoms with van der Waals surface area (Å²) < 4.78 is 25.0. The van der Waals surface area contributed by atoms with E-state index in [1.807, 2.05) is 37.3 Å². The quantitative estimate of drug-likeness (QED) is 0.906. The van der Waals surface area contributed by atoms with E-state index in [0.717, 1.165) is 23.4 Å². The molecule has 2 aromatic rings. The van der Waals surface area contributed by atoms with Crippen molar-refractivity contribution in [1.82, 2.24) is 15.5 Å². The summed E-state index contributed by atoms with van der Waals surface area (Å²) in [5.41, 5.74) is 0.997. The summed E-state index contributed by atoms with van der Waals surface area (Å²) in [6, 6.07) is 9.44. The Morgan fingerprint density at radius 2 is 1.83 bits per heavy atom. The van der Waals surface area contributed by atoms with Gasteiger partial charge in [-0.2, -0.15) is 0 Å². The molecule has 3 nitrogen and oxygen atoms in total. The predicted molar refractivity (Wildman–Crippen MR) is 66.8 cm³/mol. The molecule has 18 heavy (non-hydrogen) atoms. The van der Waals surface area contributed by atoms with Crippen molar-refractivity contribution in [2.24, 2.45) is 0 Å². The molecule has 0 fully saturated rings. The van der Waals surface area contributed by atoms with Gasteiger partial charge in [-0.3, -0.25) is 0 Å². The lowest BCUT2D eigenvalue weighted by molar-refractivity contribution is 0.150. The Labute approximate surface area is 108 Å². The molecular formula is C12H13F2N3S. The molecule has 0 amide bonds. The number of nitrogens with one attached hydrogen (secondary N) is 1. The fraction of sp³-hybridized carbons (Fsp3) is 0.333. The van der Waals surface area contributed by atoms with E-state index >= 15 is 0 Å². The van der Waals surface area contributed by atoms with Crippen molar-refractivity contribution in [3.63, 3.8) is 0 Å². The molecule has 0 bridgehead atoms. The van der Waals surface area contributed by atoms with Crippen LogP contribution in [0.1, 0.15) is 35.0 Å². The fourth-order valence-corrected chi connectivity index (χ4v) is 2.45. The van der Waals surface area contributed by atoms with Crippen LogP contribution in [0, 0.1) is 0 Å². The van der Waals surface area contributed by atoms with Crippen LogP contribution in [0.15, 0.2) is 30.3 Å². The number of rotatable bonds is 5. The van der Waals surface area contributed by atoms with Gasteiger partial charge in [-0.1, -0.05) is 48.6 Å². The third kappa shape index (κ3) is 2.88. The van der Waals surface area contributed by atoms with Crippen LogP contribution in [0.5, 0.6) is 0 Å². The zero-order valence-corrected chi connectivity index (χ0v) is 10.6. The Morgan fingerprint density at radius 1 is 1.17 bits per heavy atom. The van der Waals surface area contributed by atoms with Gasteiger partial charge in [-0.15, -0.1) is 10.2 Å². The third-order valence-electron chi connectivity index (χ3n) is 2.43. The van der Waals surface area contributed by atoms with Gasteiger partial charge in [0, 0.05) is 0 Å². The van der Waals surface area contributed by atoms with Crippen molar-refractivity contribution in [3.05, 3.63) is 45.9 Å². The Hall–Kier alpha value is -1.40. The van der Waals surface area contributed by atoms with Crippen LogP contribution in [0.2, 0.25) is 0 Å². The molecule has 1 aromatic heterocycles. The minimum Gasteiger partial charge on any atom is -0.304 e. The van der Waals surface area contributed by atoms with Crippen LogP contribution in [0.4, 0.5) is 8.78 Å². The molecule has 0 aliphatic rings. The summed E-state index contributed by atoms with van der Waals surface area (Å²) in [6.07, 6.45) is -2.56. The van der Waals surface area contributed by atoms with Crippen LogP contribution < -0.4 is 5.32 Å². The Balaban J connectivity index is 2.29. The lowest BCUT2D eigenvalue weighted by atomic mass is 10.1. The maximum atomic E-state index is 12.5. The average molecular weight is 269 g/mol. The van der Waals surface area contributed by atoms with Crippen molar-refractivity contribution in [2.45, 2.75) is 19.4 Å². The van der Waals surface area contributed by atoms with Crippen molar-refractivity contribution >= 4 is 11.3 Å². The van der Waals surface area contributed by atoms with E-state index in [4.69, 9.17) is 0 Å². The summed E-state index contributed by atoms with van der Waals surface area (Å²) in [7, 11) is 0. The Morgan fingerprint density at radius 3 is 2.39 bits per heavy atom. The first-order chi connectivity index (χ1) is 8.72. The van der Waals surface area contributed by atoms with Gasteiger partial charge in [0.25, 0.3) is 6.43 Å². The topological polar surface area (TPSA) is 37.8 Å². The molecule has 0 aliphatic heterocycles. The fourth-order valence-electron chi connectivity index (χ4n) is 1.65. The minimum absolute atomic E-state index is 0.179. The SMILES string of the molecule is CCNC(c1ccccc1)c1nnc(C(F)F)s1. The van der Waals surface area contributed by atoms with Crippen molar-refractivity contribution in [1.29, 1.82) is 0 Å². The predicted octanol–water partition coefficient (Wildman–Crippen LogP) is 3.17. The molecule has 6 heteroatoms. The van der Waals surface area contributed by atoms with E-state index in [9.17, 15) is 8.78 Å². The first kappa shape index (κ1) is 13.0. The number of aromatic nitrogens is 2. The second-order valence-electron chi connectivity index (χ2n) is 3.68. The zero-order chi connectivity index (χ0) is 13.0. The summed E-state index contributed by atoms with van der Waals surface area (Å²) in [5, 5.41) is 10.9. The average Bonchev–Trinajstić information content (AvgIpc) is 2.86. The molecule has 1 unspecified atom stereocenters. The smallest absolute Gasteiger partial charge is 0.291 e. The van der Waals surface area contributed by atoms with Crippen molar-refractivity contribution in [2.75, 3.05) is 6.54 Å². The highest BCUT2D eigenvalue weighted by Crippen LogP contribution is 2.29. The van der Waals surface area contributed by atoms with Gasteiger partial charge in [-0.05, 0) is 12.1 Å². The molecule has 0 aliphatic carbocycles. The summed E-state index contributed by atoms with van der Waals surface area (Å²) in [4.78, 5) is 0. The number of benzene rings is 1. The Bertz CT molecular complexity index is 487. The minimum atomic E-state index is -2.56. The van der Waals surface area contributed by atoms with Crippen LogP contribution in [-0.2, 0) is 0 Å². The van der Waals surface area contributed by atoms with Gasteiger partial charge < -0.3 is 5.32 Å². The Kier molecular flexibility index (Phi) is 4.33. The van der Waals surface area contributed by atoms with E-state index in [1.54, 1.807) is 0 Å². The highest BCUT2D eigenvalue weighted by atomic mass is 32.1. The van der Waals surface area contributed by atoms with Gasteiger partial charge in [0.2, 0.25) is 0 Å². The number of halogens is 2. The van der Waals surface area contributed by atoms with Crippen molar-refractivity contribution in [3.8, 4) is 0 Å². The molecule has 2 rings (SSSR count). The second kappa shape index (κ2) is 5.97. The van der Waals surface area contributed by atoms with Crippen LogP contribution in [0.25, 0.3) is 0 Å². The molecule has 0 radical (unpaired) electrons. The largest absolute Gasteiger partial charge is 0.304 e. The monoisotopic (exact) mass is 269 g/mol. The normalized spacial score (nSPS) is 12.9.